The zero-order chi connectivity index (χ0) is 14.3. The summed E-state index contributed by atoms with van der Waals surface area (Å²) in [4.78, 5) is 11.8. The van der Waals surface area contributed by atoms with E-state index in [1.54, 1.807) is 0 Å². The zero-order valence-electron chi connectivity index (χ0n) is 11.7. The van der Waals surface area contributed by atoms with Crippen LogP contribution < -0.4 is 11.1 Å². The molecule has 3 N–H and O–H groups in total. The maximum Gasteiger partial charge on any atom is 0.220 e. The Hall–Kier alpha value is -0.870. The average Bonchev–Trinajstić information content (AvgIpc) is 2.35. The molecule has 0 aliphatic rings. The Kier molecular flexibility index (Phi) is 6.52. The second-order valence-electron chi connectivity index (χ2n) is 5.57. The van der Waals surface area contributed by atoms with Gasteiger partial charge >= 0.3 is 0 Å². The lowest BCUT2D eigenvalue weighted by atomic mass is 9.84. The maximum absolute atomic E-state index is 11.8. The number of nitrogens with two attached hydrogens (primary N) is 1. The number of carbonyl (C=O) groups excluding carboxylic acids is 1. The molecule has 0 aromatic heterocycles. The lowest BCUT2D eigenvalue weighted by Crippen LogP contribution is -2.25. The summed E-state index contributed by atoms with van der Waals surface area (Å²) in [6.45, 7) is 5.55. The lowest BCUT2D eigenvalue weighted by Gasteiger charge is -2.23. The van der Waals surface area contributed by atoms with Gasteiger partial charge in [-0.05, 0) is 36.4 Å². The highest BCUT2D eigenvalue weighted by molar-refractivity contribution is 9.10. The van der Waals surface area contributed by atoms with E-state index < -0.39 is 0 Å². The molecule has 0 atom stereocenters. The van der Waals surface area contributed by atoms with E-state index in [0.717, 1.165) is 22.9 Å². The van der Waals surface area contributed by atoms with Gasteiger partial charge in [-0.1, -0.05) is 48.0 Å². The zero-order valence-corrected chi connectivity index (χ0v) is 13.3. The molecule has 0 aliphatic heterocycles. The van der Waals surface area contributed by atoms with Gasteiger partial charge in [-0.2, -0.15) is 0 Å². The molecule has 4 heteroatoms. The van der Waals surface area contributed by atoms with Gasteiger partial charge in [0, 0.05) is 17.4 Å². The molecule has 1 rings (SSSR count). The van der Waals surface area contributed by atoms with Crippen LogP contribution in [0.3, 0.4) is 0 Å². The van der Waals surface area contributed by atoms with Crippen LogP contribution in [0.15, 0.2) is 28.7 Å². The van der Waals surface area contributed by atoms with Crippen LogP contribution in [0.5, 0.6) is 0 Å². The largest absolute Gasteiger partial charge is 0.352 e. The molecule has 0 bridgehead atoms. The maximum atomic E-state index is 11.8. The standard InChI is InChI=1S/C15H23BrN2O/c1-15(2,9-10-17)8-7-14(19)18-11-12-5-3-4-6-13(12)16/h3-6H,7-11,17H2,1-2H3,(H,18,19). The molecule has 0 radical (unpaired) electrons. The molecule has 19 heavy (non-hydrogen) atoms. The van der Waals surface area contributed by atoms with E-state index in [0.29, 0.717) is 19.5 Å². The summed E-state index contributed by atoms with van der Waals surface area (Å²) in [5.41, 5.74) is 6.80. The number of carbonyl (C=O) groups is 1. The fourth-order valence-electron chi connectivity index (χ4n) is 1.89. The van der Waals surface area contributed by atoms with Crippen LogP contribution in [-0.2, 0) is 11.3 Å². The third-order valence-electron chi connectivity index (χ3n) is 3.28. The monoisotopic (exact) mass is 326 g/mol. The lowest BCUT2D eigenvalue weighted by molar-refractivity contribution is -0.121. The van der Waals surface area contributed by atoms with Gasteiger partial charge in [0.25, 0.3) is 0 Å². The molecule has 1 amide bonds. The third-order valence-corrected chi connectivity index (χ3v) is 4.06. The molecule has 3 nitrogen and oxygen atoms in total. The first-order valence-electron chi connectivity index (χ1n) is 6.65. The van der Waals surface area contributed by atoms with E-state index in [1.165, 1.54) is 0 Å². The first-order valence-corrected chi connectivity index (χ1v) is 7.44. The molecule has 0 saturated heterocycles. The van der Waals surface area contributed by atoms with Crippen molar-refractivity contribution in [3.8, 4) is 0 Å². The molecule has 0 heterocycles. The van der Waals surface area contributed by atoms with Crippen LogP contribution in [0, 0.1) is 5.41 Å². The first kappa shape index (κ1) is 16.2. The highest BCUT2D eigenvalue weighted by atomic mass is 79.9. The number of rotatable bonds is 7. The van der Waals surface area contributed by atoms with Gasteiger partial charge in [0.1, 0.15) is 0 Å². The number of hydrogen-bond donors (Lipinski definition) is 2. The van der Waals surface area contributed by atoms with Crippen LogP contribution in [-0.4, -0.2) is 12.5 Å². The minimum absolute atomic E-state index is 0.0980. The van der Waals surface area contributed by atoms with E-state index in [1.807, 2.05) is 24.3 Å². The van der Waals surface area contributed by atoms with Gasteiger partial charge in [-0.15, -0.1) is 0 Å². The topological polar surface area (TPSA) is 55.1 Å². The van der Waals surface area contributed by atoms with Crippen LogP contribution >= 0.6 is 15.9 Å². The quantitative estimate of drug-likeness (QED) is 0.808. The predicted octanol–water partition coefficient (Wildman–Crippen LogP) is 3.22. The smallest absolute Gasteiger partial charge is 0.220 e. The Morgan fingerprint density at radius 2 is 2.00 bits per heavy atom. The highest BCUT2D eigenvalue weighted by Crippen LogP contribution is 2.25. The number of benzene rings is 1. The van der Waals surface area contributed by atoms with Crippen LogP contribution in [0.25, 0.3) is 0 Å². The Morgan fingerprint density at radius 1 is 1.32 bits per heavy atom. The molecule has 0 fully saturated rings. The predicted molar refractivity (Wildman–Crippen MR) is 82.7 cm³/mol. The van der Waals surface area contributed by atoms with Gasteiger partial charge < -0.3 is 11.1 Å². The van der Waals surface area contributed by atoms with Gasteiger partial charge in [-0.3, -0.25) is 4.79 Å². The van der Waals surface area contributed by atoms with Crippen molar-refractivity contribution in [2.24, 2.45) is 11.1 Å². The fraction of sp³-hybridized carbons (Fsp3) is 0.533. The van der Waals surface area contributed by atoms with E-state index in [4.69, 9.17) is 5.73 Å². The average molecular weight is 327 g/mol. The second-order valence-corrected chi connectivity index (χ2v) is 6.43. The molecule has 0 saturated carbocycles. The summed E-state index contributed by atoms with van der Waals surface area (Å²) < 4.78 is 1.03. The van der Waals surface area contributed by atoms with Crippen LogP contribution in [0.4, 0.5) is 0 Å². The summed E-state index contributed by atoms with van der Waals surface area (Å²) in [5.74, 6) is 0.0980. The molecule has 0 spiro atoms. The summed E-state index contributed by atoms with van der Waals surface area (Å²) in [5, 5.41) is 2.95. The van der Waals surface area contributed by atoms with Crippen molar-refractivity contribution in [3.63, 3.8) is 0 Å². The number of halogens is 1. The van der Waals surface area contributed by atoms with Gasteiger partial charge in [-0.25, -0.2) is 0 Å². The van der Waals surface area contributed by atoms with Crippen molar-refractivity contribution < 1.29 is 4.79 Å². The Labute approximate surface area is 124 Å². The van der Waals surface area contributed by atoms with Crippen molar-refractivity contribution in [3.05, 3.63) is 34.3 Å². The first-order chi connectivity index (χ1) is 8.94. The number of nitrogens with one attached hydrogen (secondary N) is 1. The Bertz CT molecular complexity index is 418. The summed E-state index contributed by atoms with van der Waals surface area (Å²) in [6, 6.07) is 7.91. The molecule has 0 aliphatic carbocycles. The molecule has 1 aromatic rings. The van der Waals surface area contributed by atoms with Crippen molar-refractivity contribution in [2.75, 3.05) is 6.54 Å². The van der Waals surface area contributed by atoms with Crippen molar-refractivity contribution in [1.29, 1.82) is 0 Å². The molecule has 1 aromatic carbocycles. The molecular weight excluding hydrogens is 304 g/mol. The molecular formula is C15H23BrN2O. The highest BCUT2D eigenvalue weighted by Gasteiger charge is 2.18. The summed E-state index contributed by atoms with van der Waals surface area (Å²) in [6.07, 6.45) is 2.37. The van der Waals surface area contributed by atoms with Crippen LogP contribution in [0.1, 0.15) is 38.7 Å². The van der Waals surface area contributed by atoms with Crippen molar-refractivity contribution in [1.82, 2.24) is 5.32 Å². The van der Waals surface area contributed by atoms with E-state index in [2.05, 4.69) is 35.1 Å². The van der Waals surface area contributed by atoms with Crippen molar-refractivity contribution >= 4 is 21.8 Å². The Balaban J connectivity index is 2.35. The summed E-state index contributed by atoms with van der Waals surface area (Å²) in [7, 11) is 0. The third kappa shape index (κ3) is 6.21. The SMILES string of the molecule is CC(C)(CCN)CCC(=O)NCc1ccccc1Br. The fourth-order valence-corrected chi connectivity index (χ4v) is 2.32. The van der Waals surface area contributed by atoms with Gasteiger partial charge in [0.05, 0.1) is 0 Å². The minimum atomic E-state index is 0.0980. The summed E-state index contributed by atoms with van der Waals surface area (Å²) >= 11 is 3.47. The van der Waals surface area contributed by atoms with Gasteiger partial charge in [0.2, 0.25) is 5.91 Å². The normalized spacial score (nSPS) is 11.4. The molecule has 106 valence electrons. The van der Waals surface area contributed by atoms with E-state index in [9.17, 15) is 4.79 Å². The number of amides is 1. The Morgan fingerprint density at radius 3 is 2.63 bits per heavy atom. The second kappa shape index (κ2) is 7.65. The van der Waals surface area contributed by atoms with E-state index in [-0.39, 0.29) is 11.3 Å². The minimum Gasteiger partial charge on any atom is -0.352 e. The van der Waals surface area contributed by atoms with Crippen LogP contribution in [0.2, 0.25) is 0 Å². The molecule has 0 unspecified atom stereocenters. The van der Waals surface area contributed by atoms with Crippen molar-refractivity contribution in [2.45, 2.75) is 39.7 Å². The van der Waals surface area contributed by atoms with Gasteiger partial charge in [0.15, 0.2) is 0 Å². The number of hydrogen-bond acceptors (Lipinski definition) is 2. The van der Waals surface area contributed by atoms with E-state index >= 15 is 0 Å².